The van der Waals surface area contributed by atoms with Crippen LogP contribution in [0.5, 0.6) is 0 Å². The third-order valence-corrected chi connectivity index (χ3v) is 5.45. The highest BCUT2D eigenvalue weighted by Gasteiger charge is 2.35. The van der Waals surface area contributed by atoms with E-state index in [0.29, 0.717) is 17.4 Å². The van der Waals surface area contributed by atoms with Crippen LogP contribution in [-0.2, 0) is 11.8 Å². The number of amides is 1. The van der Waals surface area contributed by atoms with Gasteiger partial charge in [-0.1, -0.05) is 17.7 Å². The zero-order valence-electron chi connectivity index (χ0n) is 12.6. The molecule has 1 amide bonds. The summed E-state index contributed by atoms with van der Waals surface area (Å²) >= 11 is 8.07. The van der Waals surface area contributed by atoms with Crippen molar-refractivity contribution in [2.45, 2.75) is 19.3 Å². The number of fused-ring (bicyclic) bond motifs is 1. The van der Waals surface area contributed by atoms with Gasteiger partial charge >= 0.3 is 0 Å². The second-order valence-electron chi connectivity index (χ2n) is 5.56. The van der Waals surface area contributed by atoms with Crippen molar-refractivity contribution in [2.24, 2.45) is 7.05 Å². The van der Waals surface area contributed by atoms with Gasteiger partial charge in [0.15, 0.2) is 5.82 Å². The van der Waals surface area contributed by atoms with Gasteiger partial charge in [-0.25, -0.2) is 0 Å². The van der Waals surface area contributed by atoms with Gasteiger partial charge in [-0.3, -0.25) is 14.6 Å². The van der Waals surface area contributed by atoms with Crippen LogP contribution in [0, 0.1) is 6.92 Å². The van der Waals surface area contributed by atoms with Crippen molar-refractivity contribution in [1.82, 2.24) is 20.0 Å². The smallest absolute Gasteiger partial charge is 0.226 e. The molecule has 0 fully saturated rings. The molecule has 3 aromatic rings. The second kappa shape index (κ2) is 5.21. The van der Waals surface area contributed by atoms with E-state index >= 15 is 0 Å². The lowest BCUT2D eigenvalue weighted by molar-refractivity contribution is -0.116. The average Bonchev–Trinajstić information content (AvgIpc) is 3.19. The van der Waals surface area contributed by atoms with Gasteiger partial charge in [0, 0.05) is 30.5 Å². The van der Waals surface area contributed by atoms with Crippen LogP contribution < -0.4 is 5.32 Å². The summed E-state index contributed by atoms with van der Waals surface area (Å²) in [6.07, 6.45) is 0.331. The molecule has 23 heavy (non-hydrogen) atoms. The first-order valence-corrected chi connectivity index (χ1v) is 8.43. The van der Waals surface area contributed by atoms with Gasteiger partial charge in [-0.05, 0) is 18.4 Å². The maximum atomic E-state index is 12.1. The molecule has 0 spiro atoms. The molecule has 4 rings (SSSR count). The normalized spacial score (nSPS) is 17.2. The van der Waals surface area contributed by atoms with Crippen molar-refractivity contribution in [2.75, 3.05) is 5.32 Å². The van der Waals surface area contributed by atoms with E-state index in [4.69, 9.17) is 11.6 Å². The van der Waals surface area contributed by atoms with Gasteiger partial charge in [-0.15, -0.1) is 11.3 Å². The third-order valence-electron chi connectivity index (χ3n) is 4.11. The Labute approximate surface area is 141 Å². The topological polar surface area (TPSA) is 75.6 Å². The van der Waals surface area contributed by atoms with Crippen LogP contribution >= 0.6 is 22.9 Å². The number of hydrogen-bond donors (Lipinski definition) is 2. The molecule has 0 aliphatic carbocycles. The number of aromatic nitrogens is 4. The average molecular weight is 348 g/mol. The van der Waals surface area contributed by atoms with E-state index in [2.05, 4.69) is 20.6 Å². The van der Waals surface area contributed by atoms with Crippen LogP contribution in [0.25, 0.3) is 10.6 Å². The largest absolute Gasteiger partial charge is 0.309 e. The minimum absolute atomic E-state index is 0.0638. The first kappa shape index (κ1) is 14.5. The van der Waals surface area contributed by atoms with Gasteiger partial charge in [0.1, 0.15) is 5.15 Å². The molecular weight excluding hydrogens is 334 g/mol. The number of H-pyrrole nitrogens is 1. The Morgan fingerprint density at radius 2 is 2.26 bits per heavy atom. The summed E-state index contributed by atoms with van der Waals surface area (Å²) in [5.41, 5.74) is 3.63. The first-order chi connectivity index (χ1) is 11.1. The molecule has 0 saturated heterocycles. The van der Waals surface area contributed by atoms with Gasteiger partial charge in [0.2, 0.25) is 5.91 Å². The maximum absolute atomic E-state index is 12.1. The van der Waals surface area contributed by atoms with Crippen LogP contribution in [0.15, 0.2) is 17.5 Å². The number of nitrogens with zero attached hydrogens (tertiary/aromatic N) is 3. The quantitative estimate of drug-likeness (QED) is 0.746. The fourth-order valence-electron chi connectivity index (χ4n) is 3.15. The summed E-state index contributed by atoms with van der Waals surface area (Å²) in [5.74, 6) is 0.357. The van der Waals surface area contributed by atoms with E-state index in [0.717, 1.165) is 27.4 Å². The summed E-state index contributed by atoms with van der Waals surface area (Å²) in [4.78, 5) is 13.2. The zero-order valence-corrected chi connectivity index (χ0v) is 14.1. The summed E-state index contributed by atoms with van der Waals surface area (Å²) in [7, 11) is 1.80. The molecule has 3 aromatic heterocycles. The Balaban J connectivity index is 1.94. The molecule has 1 aliphatic rings. The number of anilines is 1. The standard InChI is InChI=1S/C15H14ClN5OS/c1-7-11(14(16)21(2)20-7)8-6-10(22)17-15-12(8)13(18-19-15)9-4-3-5-23-9/h3-5,8H,6H2,1-2H3,(H2,17,18,19,22)/t8-/m1/s1. The summed E-state index contributed by atoms with van der Waals surface area (Å²) in [5, 5.41) is 17.1. The Kier molecular flexibility index (Phi) is 3.28. The van der Waals surface area contributed by atoms with Crippen LogP contribution in [0.1, 0.15) is 29.2 Å². The minimum Gasteiger partial charge on any atom is -0.309 e. The molecule has 0 saturated carbocycles. The number of carbonyl (C=O) groups excluding carboxylic acids is 1. The van der Waals surface area contributed by atoms with Crippen LogP contribution in [-0.4, -0.2) is 25.9 Å². The van der Waals surface area contributed by atoms with Crippen LogP contribution in [0.2, 0.25) is 5.15 Å². The monoisotopic (exact) mass is 347 g/mol. The number of halogens is 1. The summed E-state index contributed by atoms with van der Waals surface area (Å²) < 4.78 is 1.64. The van der Waals surface area contributed by atoms with E-state index in [9.17, 15) is 4.79 Å². The molecular formula is C15H14ClN5OS. The lowest BCUT2D eigenvalue weighted by Gasteiger charge is -2.23. The number of hydrogen-bond acceptors (Lipinski definition) is 4. The van der Waals surface area contributed by atoms with E-state index in [1.165, 1.54) is 0 Å². The maximum Gasteiger partial charge on any atom is 0.226 e. The van der Waals surface area contributed by atoms with Crippen LogP contribution in [0.3, 0.4) is 0 Å². The fraction of sp³-hybridized carbons (Fsp3) is 0.267. The zero-order chi connectivity index (χ0) is 16.1. The minimum atomic E-state index is -0.157. The lowest BCUT2D eigenvalue weighted by Crippen LogP contribution is -2.23. The highest BCUT2D eigenvalue weighted by atomic mass is 35.5. The molecule has 1 atom stereocenters. The molecule has 0 bridgehead atoms. The van der Waals surface area contributed by atoms with Crippen molar-refractivity contribution < 1.29 is 4.79 Å². The molecule has 0 unspecified atom stereocenters. The predicted octanol–water partition coefficient (Wildman–Crippen LogP) is 3.31. The highest BCUT2D eigenvalue weighted by Crippen LogP contribution is 2.45. The molecule has 118 valence electrons. The van der Waals surface area contributed by atoms with E-state index in [1.807, 2.05) is 24.4 Å². The number of aryl methyl sites for hydroxylation is 2. The Bertz CT molecular complexity index is 896. The molecule has 0 aromatic carbocycles. The number of aromatic amines is 1. The molecule has 6 nitrogen and oxygen atoms in total. The van der Waals surface area contributed by atoms with Crippen molar-refractivity contribution in [3.63, 3.8) is 0 Å². The molecule has 0 radical (unpaired) electrons. The van der Waals surface area contributed by atoms with Crippen molar-refractivity contribution in [1.29, 1.82) is 0 Å². The molecule has 8 heteroatoms. The first-order valence-electron chi connectivity index (χ1n) is 7.17. The van der Waals surface area contributed by atoms with Gasteiger partial charge < -0.3 is 5.32 Å². The molecule has 1 aliphatic heterocycles. The van der Waals surface area contributed by atoms with E-state index in [1.54, 1.807) is 23.1 Å². The molecule has 2 N–H and O–H groups in total. The van der Waals surface area contributed by atoms with E-state index in [-0.39, 0.29) is 11.8 Å². The fourth-order valence-corrected chi connectivity index (χ4v) is 4.19. The number of rotatable bonds is 2. The van der Waals surface area contributed by atoms with Crippen molar-refractivity contribution in [3.8, 4) is 10.6 Å². The van der Waals surface area contributed by atoms with E-state index < -0.39 is 0 Å². The van der Waals surface area contributed by atoms with Crippen LogP contribution in [0.4, 0.5) is 5.82 Å². The Morgan fingerprint density at radius 3 is 2.91 bits per heavy atom. The second-order valence-corrected chi connectivity index (χ2v) is 6.86. The van der Waals surface area contributed by atoms with Gasteiger partial charge in [0.25, 0.3) is 0 Å². The Hall–Kier alpha value is -2.12. The summed E-state index contributed by atoms with van der Waals surface area (Å²) in [6, 6.07) is 4.02. The van der Waals surface area contributed by atoms with Crippen molar-refractivity contribution >= 4 is 34.7 Å². The lowest BCUT2D eigenvalue weighted by atomic mass is 9.85. The molecule has 4 heterocycles. The van der Waals surface area contributed by atoms with Gasteiger partial charge in [-0.2, -0.15) is 10.2 Å². The SMILES string of the molecule is Cc1nn(C)c(Cl)c1[C@H]1CC(=O)Nc2n[nH]c(-c3cccs3)c21. The summed E-state index contributed by atoms with van der Waals surface area (Å²) in [6.45, 7) is 1.91. The predicted molar refractivity (Wildman–Crippen MR) is 89.9 cm³/mol. The highest BCUT2D eigenvalue weighted by molar-refractivity contribution is 7.13. The van der Waals surface area contributed by atoms with Crippen molar-refractivity contribution in [3.05, 3.63) is 39.5 Å². The number of carbonyl (C=O) groups is 1. The Morgan fingerprint density at radius 1 is 1.43 bits per heavy atom. The van der Waals surface area contributed by atoms with Gasteiger partial charge in [0.05, 0.1) is 16.3 Å². The number of nitrogens with one attached hydrogen (secondary N) is 2. The third kappa shape index (κ3) is 2.19. The number of thiophene rings is 1.